The van der Waals surface area contributed by atoms with Crippen LogP contribution in [0.1, 0.15) is 16.7 Å². The summed E-state index contributed by atoms with van der Waals surface area (Å²) in [5, 5.41) is 4.25. The molecule has 0 saturated carbocycles. The van der Waals surface area contributed by atoms with E-state index in [1.165, 1.54) is 16.7 Å². The molecule has 1 aliphatic heterocycles. The molecule has 2 nitrogen and oxygen atoms in total. The van der Waals surface area contributed by atoms with Crippen LogP contribution in [0.3, 0.4) is 0 Å². The molecule has 0 radical (unpaired) electrons. The third kappa shape index (κ3) is 2.97. The number of rotatable bonds is 4. The highest BCUT2D eigenvalue weighted by Crippen LogP contribution is 2.30. The van der Waals surface area contributed by atoms with Crippen molar-refractivity contribution in [2.24, 2.45) is 0 Å². The van der Waals surface area contributed by atoms with Crippen LogP contribution in [-0.4, -0.2) is 12.6 Å². The van der Waals surface area contributed by atoms with Gasteiger partial charge in [0.2, 0.25) is 0 Å². The van der Waals surface area contributed by atoms with Gasteiger partial charge in [-0.15, -0.1) is 0 Å². The molecule has 20 heavy (non-hydrogen) atoms. The largest absolute Gasteiger partial charge is 0.488 e. The van der Waals surface area contributed by atoms with Crippen LogP contribution in [0, 0.1) is 6.92 Å². The van der Waals surface area contributed by atoms with Crippen molar-refractivity contribution in [2.75, 3.05) is 6.54 Å². The van der Waals surface area contributed by atoms with Gasteiger partial charge in [-0.3, -0.25) is 0 Å². The lowest BCUT2D eigenvalue weighted by atomic mass is 10.1. The molecule has 0 aromatic heterocycles. The molecule has 0 bridgehead atoms. The Balaban J connectivity index is 1.53. The van der Waals surface area contributed by atoms with E-state index >= 15 is 0 Å². The summed E-state index contributed by atoms with van der Waals surface area (Å²) in [6, 6.07) is 14.3. The zero-order chi connectivity index (χ0) is 13.9. The van der Waals surface area contributed by atoms with Crippen LogP contribution in [0.4, 0.5) is 0 Å². The van der Waals surface area contributed by atoms with Crippen LogP contribution < -0.4 is 10.1 Å². The van der Waals surface area contributed by atoms with Crippen molar-refractivity contribution in [2.45, 2.75) is 26.0 Å². The molecule has 2 aromatic carbocycles. The van der Waals surface area contributed by atoms with E-state index in [0.717, 1.165) is 30.3 Å². The Kier molecular flexibility index (Phi) is 3.95. The van der Waals surface area contributed by atoms with Crippen LogP contribution in [0.25, 0.3) is 0 Å². The highest BCUT2D eigenvalue weighted by atomic mass is 35.5. The second-order valence-electron chi connectivity index (χ2n) is 5.25. The van der Waals surface area contributed by atoms with Gasteiger partial charge in [-0.25, -0.2) is 0 Å². The molecule has 3 heteroatoms. The Morgan fingerprint density at radius 3 is 2.95 bits per heavy atom. The average molecular weight is 288 g/mol. The third-order valence-electron chi connectivity index (χ3n) is 3.71. The number of halogens is 1. The molecule has 1 heterocycles. The highest BCUT2D eigenvalue weighted by Gasteiger charge is 2.22. The number of benzene rings is 2. The molecular formula is C17H18ClNO. The fourth-order valence-electron chi connectivity index (χ4n) is 2.58. The summed E-state index contributed by atoms with van der Waals surface area (Å²) in [7, 11) is 0. The van der Waals surface area contributed by atoms with Crippen molar-refractivity contribution in [1.29, 1.82) is 0 Å². The number of nitrogens with one attached hydrogen (secondary N) is 1. The van der Waals surface area contributed by atoms with Crippen molar-refractivity contribution in [3.05, 3.63) is 64.2 Å². The number of ether oxygens (including phenoxy) is 1. The minimum absolute atomic E-state index is 0.201. The van der Waals surface area contributed by atoms with E-state index < -0.39 is 0 Å². The van der Waals surface area contributed by atoms with Gasteiger partial charge < -0.3 is 10.1 Å². The number of hydrogen-bond acceptors (Lipinski definition) is 2. The maximum absolute atomic E-state index is 6.00. The van der Waals surface area contributed by atoms with Gasteiger partial charge in [-0.2, -0.15) is 0 Å². The fourth-order valence-corrected chi connectivity index (χ4v) is 2.77. The number of aryl methyl sites for hydroxylation is 1. The molecule has 0 saturated heterocycles. The van der Waals surface area contributed by atoms with Crippen molar-refractivity contribution in [3.63, 3.8) is 0 Å². The molecular weight excluding hydrogens is 270 g/mol. The maximum Gasteiger partial charge on any atom is 0.123 e. The van der Waals surface area contributed by atoms with E-state index in [2.05, 4.69) is 36.5 Å². The Labute approximate surface area is 124 Å². The summed E-state index contributed by atoms with van der Waals surface area (Å²) in [5.74, 6) is 0.970. The molecule has 0 amide bonds. The maximum atomic E-state index is 6.00. The minimum atomic E-state index is 0.201. The molecule has 104 valence electrons. The van der Waals surface area contributed by atoms with E-state index in [-0.39, 0.29) is 6.10 Å². The molecule has 1 atom stereocenters. The zero-order valence-electron chi connectivity index (χ0n) is 11.5. The predicted molar refractivity (Wildman–Crippen MR) is 82.5 cm³/mol. The van der Waals surface area contributed by atoms with Crippen LogP contribution in [0.2, 0.25) is 5.02 Å². The molecule has 0 spiro atoms. The first-order valence-electron chi connectivity index (χ1n) is 6.92. The lowest BCUT2D eigenvalue weighted by Gasteiger charge is -2.12. The van der Waals surface area contributed by atoms with E-state index in [4.69, 9.17) is 16.3 Å². The lowest BCUT2D eigenvalue weighted by molar-refractivity contribution is 0.227. The first-order chi connectivity index (χ1) is 9.72. The SMILES string of the molecule is Cc1ccccc1CNCC1Cc2cc(Cl)ccc2O1. The molecule has 1 unspecified atom stereocenters. The van der Waals surface area contributed by atoms with Gasteiger partial charge in [0.25, 0.3) is 0 Å². The minimum Gasteiger partial charge on any atom is -0.488 e. The normalized spacial score (nSPS) is 16.8. The second kappa shape index (κ2) is 5.86. The van der Waals surface area contributed by atoms with Crippen molar-refractivity contribution >= 4 is 11.6 Å². The van der Waals surface area contributed by atoms with Crippen molar-refractivity contribution in [3.8, 4) is 5.75 Å². The summed E-state index contributed by atoms with van der Waals surface area (Å²) in [5.41, 5.74) is 3.87. The van der Waals surface area contributed by atoms with Crippen molar-refractivity contribution < 1.29 is 4.74 Å². The Morgan fingerprint density at radius 2 is 2.10 bits per heavy atom. The Hall–Kier alpha value is -1.51. The zero-order valence-corrected chi connectivity index (χ0v) is 12.3. The highest BCUT2D eigenvalue weighted by molar-refractivity contribution is 6.30. The standard InChI is InChI=1S/C17H18ClNO/c1-12-4-2-3-5-13(12)10-19-11-16-9-14-8-15(18)6-7-17(14)20-16/h2-8,16,19H,9-11H2,1H3. The molecule has 0 fully saturated rings. The van der Waals surface area contributed by atoms with Gasteiger partial charge >= 0.3 is 0 Å². The summed E-state index contributed by atoms with van der Waals surface area (Å²) in [6.07, 6.45) is 1.13. The van der Waals surface area contributed by atoms with Crippen LogP contribution in [0.15, 0.2) is 42.5 Å². The summed E-state index contributed by atoms with van der Waals surface area (Å²) in [6.45, 7) is 3.87. The van der Waals surface area contributed by atoms with Gasteiger partial charge in [0.15, 0.2) is 0 Å². The molecule has 1 aliphatic rings. The summed E-state index contributed by atoms with van der Waals surface area (Å²) >= 11 is 6.00. The Morgan fingerprint density at radius 1 is 1.25 bits per heavy atom. The van der Waals surface area contributed by atoms with E-state index in [1.807, 2.05) is 18.2 Å². The summed E-state index contributed by atoms with van der Waals surface area (Å²) < 4.78 is 5.91. The monoisotopic (exact) mass is 287 g/mol. The quantitative estimate of drug-likeness (QED) is 0.925. The smallest absolute Gasteiger partial charge is 0.123 e. The fraction of sp³-hybridized carbons (Fsp3) is 0.294. The third-order valence-corrected chi connectivity index (χ3v) is 3.95. The van der Waals surface area contributed by atoms with Crippen LogP contribution in [0.5, 0.6) is 5.75 Å². The topological polar surface area (TPSA) is 21.3 Å². The summed E-state index contributed by atoms with van der Waals surface area (Å²) in [4.78, 5) is 0. The Bertz CT molecular complexity index is 612. The second-order valence-corrected chi connectivity index (χ2v) is 5.69. The van der Waals surface area contributed by atoms with Gasteiger partial charge in [0.05, 0.1) is 0 Å². The van der Waals surface area contributed by atoms with Gasteiger partial charge in [-0.1, -0.05) is 35.9 Å². The predicted octanol–water partition coefficient (Wildman–Crippen LogP) is 3.74. The average Bonchev–Trinajstić information content (AvgIpc) is 2.83. The van der Waals surface area contributed by atoms with E-state index in [9.17, 15) is 0 Å². The number of fused-ring (bicyclic) bond motifs is 1. The van der Waals surface area contributed by atoms with Crippen LogP contribution >= 0.6 is 11.6 Å². The van der Waals surface area contributed by atoms with Gasteiger partial charge in [-0.05, 0) is 41.8 Å². The van der Waals surface area contributed by atoms with Crippen molar-refractivity contribution in [1.82, 2.24) is 5.32 Å². The van der Waals surface area contributed by atoms with E-state index in [1.54, 1.807) is 0 Å². The first-order valence-corrected chi connectivity index (χ1v) is 7.30. The molecule has 2 aromatic rings. The lowest BCUT2D eigenvalue weighted by Crippen LogP contribution is -2.29. The first kappa shape index (κ1) is 13.5. The molecule has 1 N–H and O–H groups in total. The van der Waals surface area contributed by atoms with Crippen LogP contribution in [-0.2, 0) is 13.0 Å². The van der Waals surface area contributed by atoms with E-state index in [0.29, 0.717) is 0 Å². The van der Waals surface area contributed by atoms with Gasteiger partial charge in [0, 0.05) is 24.5 Å². The van der Waals surface area contributed by atoms with Gasteiger partial charge in [0.1, 0.15) is 11.9 Å². The molecule has 0 aliphatic carbocycles. The number of hydrogen-bond donors (Lipinski definition) is 1. The molecule has 3 rings (SSSR count).